The van der Waals surface area contributed by atoms with Crippen molar-refractivity contribution in [3.8, 4) is 11.5 Å². The molecule has 0 spiro atoms. The molecule has 0 atom stereocenters. The first-order chi connectivity index (χ1) is 9.70. The van der Waals surface area contributed by atoms with Crippen LogP contribution in [-0.4, -0.2) is 13.0 Å². The van der Waals surface area contributed by atoms with Gasteiger partial charge in [0.2, 0.25) is 5.91 Å². The van der Waals surface area contributed by atoms with Crippen LogP contribution in [0.3, 0.4) is 0 Å². The third-order valence-electron chi connectivity index (χ3n) is 2.77. The summed E-state index contributed by atoms with van der Waals surface area (Å²) in [6.07, 6.45) is 0. The number of rotatable bonds is 5. The predicted octanol–water partition coefficient (Wildman–Crippen LogP) is 3.23. The van der Waals surface area contributed by atoms with E-state index in [0.717, 1.165) is 11.3 Å². The number of carbonyl (C=O) groups excluding carboxylic acids is 1. The van der Waals surface area contributed by atoms with E-state index in [2.05, 4.69) is 5.32 Å². The number of hydrogen-bond acceptors (Lipinski definition) is 3. The van der Waals surface area contributed by atoms with Crippen molar-refractivity contribution in [2.75, 3.05) is 12.4 Å². The molecule has 0 aromatic heterocycles. The fourth-order valence-corrected chi connectivity index (χ4v) is 1.86. The minimum atomic E-state index is -0.127. The van der Waals surface area contributed by atoms with Gasteiger partial charge in [0.1, 0.15) is 18.1 Å². The molecule has 0 radical (unpaired) electrons. The van der Waals surface area contributed by atoms with Crippen LogP contribution in [0.1, 0.15) is 12.5 Å². The largest absolute Gasteiger partial charge is 0.496 e. The Kier molecular flexibility index (Phi) is 4.60. The van der Waals surface area contributed by atoms with Gasteiger partial charge in [-0.3, -0.25) is 4.79 Å². The van der Waals surface area contributed by atoms with Gasteiger partial charge in [-0.2, -0.15) is 0 Å². The quantitative estimate of drug-likeness (QED) is 0.908. The Balaban J connectivity index is 2.12. The van der Waals surface area contributed by atoms with E-state index in [1.165, 1.54) is 6.92 Å². The fraction of sp³-hybridized carbons (Fsp3) is 0.188. The summed E-state index contributed by atoms with van der Waals surface area (Å²) in [5, 5.41) is 2.74. The maximum atomic E-state index is 11.2. The van der Waals surface area contributed by atoms with Crippen LogP contribution in [0, 0.1) is 0 Å². The van der Waals surface area contributed by atoms with Crippen molar-refractivity contribution in [2.24, 2.45) is 0 Å². The highest BCUT2D eigenvalue weighted by molar-refractivity contribution is 5.90. The molecular weight excluding hydrogens is 254 g/mol. The SMILES string of the molecule is COc1ccccc1COc1ccccc1NC(C)=O. The summed E-state index contributed by atoms with van der Waals surface area (Å²) in [6, 6.07) is 15.0. The number of methoxy groups -OCH3 is 1. The van der Waals surface area contributed by atoms with Crippen LogP contribution in [0.15, 0.2) is 48.5 Å². The van der Waals surface area contributed by atoms with Crippen LogP contribution in [0.5, 0.6) is 11.5 Å². The van der Waals surface area contributed by atoms with E-state index < -0.39 is 0 Å². The van der Waals surface area contributed by atoms with Gasteiger partial charge in [-0.1, -0.05) is 30.3 Å². The third-order valence-corrected chi connectivity index (χ3v) is 2.77. The highest BCUT2D eigenvalue weighted by Crippen LogP contribution is 2.26. The molecule has 0 bridgehead atoms. The molecule has 4 heteroatoms. The lowest BCUT2D eigenvalue weighted by atomic mass is 10.2. The second-order valence-corrected chi connectivity index (χ2v) is 4.28. The van der Waals surface area contributed by atoms with E-state index >= 15 is 0 Å². The van der Waals surface area contributed by atoms with Crippen molar-refractivity contribution >= 4 is 11.6 Å². The van der Waals surface area contributed by atoms with E-state index in [-0.39, 0.29) is 5.91 Å². The zero-order chi connectivity index (χ0) is 14.4. The first kappa shape index (κ1) is 13.9. The monoisotopic (exact) mass is 271 g/mol. The van der Waals surface area contributed by atoms with E-state index in [0.29, 0.717) is 18.0 Å². The summed E-state index contributed by atoms with van der Waals surface area (Å²) >= 11 is 0. The lowest BCUT2D eigenvalue weighted by molar-refractivity contribution is -0.114. The van der Waals surface area contributed by atoms with E-state index in [9.17, 15) is 4.79 Å². The number of amides is 1. The third kappa shape index (κ3) is 3.51. The summed E-state index contributed by atoms with van der Waals surface area (Å²) in [6.45, 7) is 1.84. The molecule has 2 rings (SSSR count). The number of para-hydroxylation sites is 3. The molecular formula is C16H17NO3. The van der Waals surface area contributed by atoms with E-state index in [4.69, 9.17) is 9.47 Å². The molecule has 0 saturated heterocycles. The molecule has 0 aliphatic heterocycles. The molecule has 0 unspecified atom stereocenters. The average Bonchev–Trinajstić information content (AvgIpc) is 2.46. The van der Waals surface area contributed by atoms with Gasteiger partial charge < -0.3 is 14.8 Å². The van der Waals surface area contributed by atoms with Gasteiger partial charge in [-0.05, 0) is 18.2 Å². The minimum Gasteiger partial charge on any atom is -0.496 e. The van der Waals surface area contributed by atoms with Crippen LogP contribution in [-0.2, 0) is 11.4 Å². The number of benzene rings is 2. The number of nitrogens with one attached hydrogen (secondary N) is 1. The Morgan fingerprint density at radius 2 is 1.70 bits per heavy atom. The zero-order valence-electron chi connectivity index (χ0n) is 11.6. The molecule has 0 fully saturated rings. The van der Waals surface area contributed by atoms with Crippen molar-refractivity contribution < 1.29 is 14.3 Å². The molecule has 2 aromatic carbocycles. The summed E-state index contributed by atoms with van der Waals surface area (Å²) in [5.74, 6) is 1.29. The van der Waals surface area contributed by atoms with Crippen molar-refractivity contribution in [1.29, 1.82) is 0 Å². The Morgan fingerprint density at radius 3 is 2.40 bits per heavy atom. The topological polar surface area (TPSA) is 47.6 Å². The van der Waals surface area contributed by atoms with Gasteiger partial charge in [0.15, 0.2) is 0 Å². The molecule has 0 saturated carbocycles. The zero-order valence-corrected chi connectivity index (χ0v) is 11.6. The van der Waals surface area contributed by atoms with Crippen LogP contribution in [0.25, 0.3) is 0 Å². The second-order valence-electron chi connectivity index (χ2n) is 4.28. The Labute approximate surface area is 118 Å². The summed E-state index contributed by atoms with van der Waals surface area (Å²) in [4.78, 5) is 11.2. The first-order valence-electron chi connectivity index (χ1n) is 6.32. The standard InChI is InChI=1S/C16H17NO3/c1-12(18)17-14-8-4-6-10-16(14)20-11-13-7-3-5-9-15(13)19-2/h3-10H,11H2,1-2H3,(H,17,18). The molecule has 0 heterocycles. The summed E-state index contributed by atoms with van der Waals surface area (Å²) in [7, 11) is 1.63. The Morgan fingerprint density at radius 1 is 1.05 bits per heavy atom. The number of carbonyl (C=O) groups is 1. The van der Waals surface area contributed by atoms with Crippen LogP contribution in [0.2, 0.25) is 0 Å². The maximum absolute atomic E-state index is 11.2. The molecule has 20 heavy (non-hydrogen) atoms. The van der Waals surface area contributed by atoms with E-state index in [1.54, 1.807) is 13.2 Å². The van der Waals surface area contributed by atoms with Crippen LogP contribution >= 0.6 is 0 Å². The molecule has 0 aliphatic carbocycles. The first-order valence-corrected chi connectivity index (χ1v) is 6.32. The lowest BCUT2D eigenvalue weighted by Crippen LogP contribution is -2.08. The predicted molar refractivity (Wildman–Crippen MR) is 78.1 cm³/mol. The smallest absolute Gasteiger partial charge is 0.221 e. The molecule has 4 nitrogen and oxygen atoms in total. The van der Waals surface area contributed by atoms with Crippen molar-refractivity contribution in [3.05, 3.63) is 54.1 Å². The molecule has 1 amide bonds. The maximum Gasteiger partial charge on any atom is 0.221 e. The average molecular weight is 271 g/mol. The fourth-order valence-electron chi connectivity index (χ4n) is 1.86. The number of hydrogen-bond donors (Lipinski definition) is 1. The highest BCUT2D eigenvalue weighted by atomic mass is 16.5. The summed E-state index contributed by atoms with van der Waals surface area (Å²) in [5.41, 5.74) is 1.61. The molecule has 1 N–H and O–H groups in total. The van der Waals surface area contributed by atoms with E-state index in [1.807, 2.05) is 42.5 Å². The normalized spacial score (nSPS) is 9.90. The number of anilines is 1. The van der Waals surface area contributed by atoms with Gasteiger partial charge in [0, 0.05) is 12.5 Å². The van der Waals surface area contributed by atoms with Gasteiger partial charge in [0.05, 0.1) is 12.8 Å². The second kappa shape index (κ2) is 6.61. The Bertz CT molecular complexity index is 596. The van der Waals surface area contributed by atoms with Gasteiger partial charge >= 0.3 is 0 Å². The van der Waals surface area contributed by atoms with Gasteiger partial charge in [0.25, 0.3) is 0 Å². The molecule has 2 aromatic rings. The van der Waals surface area contributed by atoms with Gasteiger partial charge in [-0.25, -0.2) is 0 Å². The highest BCUT2D eigenvalue weighted by Gasteiger charge is 2.07. The van der Waals surface area contributed by atoms with Crippen molar-refractivity contribution in [3.63, 3.8) is 0 Å². The van der Waals surface area contributed by atoms with Crippen LogP contribution in [0.4, 0.5) is 5.69 Å². The Hall–Kier alpha value is -2.49. The molecule has 104 valence electrons. The van der Waals surface area contributed by atoms with Gasteiger partial charge in [-0.15, -0.1) is 0 Å². The number of ether oxygens (including phenoxy) is 2. The summed E-state index contributed by atoms with van der Waals surface area (Å²) < 4.78 is 11.1. The van der Waals surface area contributed by atoms with Crippen LogP contribution < -0.4 is 14.8 Å². The van der Waals surface area contributed by atoms with Crippen molar-refractivity contribution in [1.82, 2.24) is 0 Å². The lowest BCUT2D eigenvalue weighted by Gasteiger charge is -2.13. The van der Waals surface area contributed by atoms with Crippen molar-refractivity contribution in [2.45, 2.75) is 13.5 Å². The molecule has 0 aliphatic rings. The minimum absolute atomic E-state index is 0.127.